The van der Waals surface area contributed by atoms with Crippen LogP contribution in [0.15, 0.2) is 48.5 Å². The molecule has 1 aliphatic heterocycles. The van der Waals surface area contributed by atoms with Crippen molar-refractivity contribution < 1.29 is 18.0 Å². The van der Waals surface area contributed by atoms with Gasteiger partial charge in [0.2, 0.25) is 5.91 Å². The topological polar surface area (TPSA) is 86.8 Å². The summed E-state index contributed by atoms with van der Waals surface area (Å²) in [6.07, 6.45) is 0. The predicted molar refractivity (Wildman–Crippen MR) is 107 cm³/mol. The second kappa shape index (κ2) is 8.40. The van der Waals surface area contributed by atoms with Gasteiger partial charge in [0.25, 0.3) is 10.2 Å². The normalized spacial score (nSPS) is 16.8. The van der Waals surface area contributed by atoms with Crippen molar-refractivity contribution in [2.24, 2.45) is 0 Å². The maximum Gasteiger partial charge on any atom is 0.282 e. The molecule has 3 rings (SSSR count). The van der Waals surface area contributed by atoms with Crippen molar-refractivity contribution in [3.63, 3.8) is 0 Å². The highest BCUT2D eigenvalue weighted by Crippen LogP contribution is 2.21. The van der Waals surface area contributed by atoms with Crippen molar-refractivity contribution in [1.82, 2.24) is 8.61 Å². The summed E-state index contributed by atoms with van der Waals surface area (Å²) < 4.78 is 27.9. The monoisotopic (exact) mass is 421 g/mol. The molecule has 28 heavy (non-hydrogen) atoms. The van der Waals surface area contributed by atoms with E-state index in [4.69, 9.17) is 11.6 Å². The molecular formula is C19H20ClN3O4S. The number of rotatable bonds is 6. The summed E-state index contributed by atoms with van der Waals surface area (Å²) in [6, 6.07) is 13.5. The van der Waals surface area contributed by atoms with Gasteiger partial charge in [0.05, 0.1) is 6.54 Å². The molecule has 1 saturated heterocycles. The molecule has 1 fully saturated rings. The first-order valence-corrected chi connectivity index (χ1v) is 10.4. The number of hydrogen-bond acceptors (Lipinski definition) is 4. The summed E-state index contributed by atoms with van der Waals surface area (Å²) in [7, 11) is -3.74. The third-order valence-corrected chi connectivity index (χ3v) is 6.54. The molecule has 2 aromatic rings. The molecule has 0 aromatic heterocycles. The van der Waals surface area contributed by atoms with Gasteiger partial charge in [0, 0.05) is 35.9 Å². The molecule has 1 heterocycles. The number of carbonyl (C=O) groups excluding carboxylic acids is 2. The zero-order valence-corrected chi connectivity index (χ0v) is 16.8. The van der Waals surface area contributed by atoms with Crippen molar-refractivity contribution in [1.29, 1.82) is 0 Å². The molecule has 148 valence electrons. The van der Waals surface area contributed by atoms with Gasteiger partial charge >= 0.3 is 0 Å². The number of nitrogens with one attached hydrogen (secondary N) is 1. The molecule has 2 aromatic carbocycles. The first kappa shape index (κ1) is 20.5. The second-order valence-electron chi connectivity index (χ2n) is 6.49. The van der Waals surface area contributed by atoms with Gasteiger partial charge in [-0.3, -0.25) is 9.59 Å². The number of halogens is 1. The lowest BCUT2D eigenvalue weighted by molar-refractivity contribution is -0.116. The molecule has 0 unspecified atom stereocenters. The minimum absolute atomic E-state index is 0.116. The van der Waals surface area contributed by atoms with Crippen LogP contribution in [0.1, 0.15) is 22.8 Å². The van der Waals surface area contributed by atoms with Gasteiger partial charge in [0.15, 0.2) is 5.78 Å². The summed E-state index contributed by atoms with van der Waals surface area (Å²) in [5, 5.41) is 3.18. The Kier molecular flexibility index (Phi) is 6.14. The Morgan fingerprint density at radius 1 is 1.07 bits per heavy atom. The quantitative estimate of drug-likeness (QED) is 0.726. The molecule has 0 saturated carbocycles. The minimum atomic E-state index is -3.74. The summed E-state index contributed by atoms with van der Waals surface area (Å²) >= 11 is 5.95. The highest BCUT2D eigenvalue weighted by Gasteiger charge is 2.37. The van der Waals surface area contributed by atoms with Gasteiger partial charge in [-0.1, -0.05) is 35.9 Å². The number of carbonyl (C=O) groups is 2. The molecule has 7 nitrogen and oxygen atoms in total. The number of hydrogen-bond donors (Lipinski definition) is 1. The number of amides is 1. The Bertz CT molecular complexity index is 1010. The predicted octanol–water partition coefficient (Wildman–Crippen LogP) is 2.54. The van der Waals surface area contributed by atoms with Crippen LogP contribution in [0.3, 0.4) is 0 Å². The fourth-order valence-electron chi connectivity index (χ4n) is 2.95. The summed E-state index contributed by atoms with van der Waals surface area (Å²) in [5.74, 6) is -0.580. The minimum Gasteiger partial charge on any atom is -0.325 e. The van der Waals surface area contributed by atoms with E-state index in [1.54, 1.807) is 48.5 Å². The Morgan fingerprint density at radius 3 is 2.50 bits per heavy atom. The van der Waals surface area contributed by atoms with Crippen molar-refractivity contribution >= 4 is 39.2 Å². The van der Waals surface area contributed by atoms with E-state index in [1.165, 1.54) is 11.2 Å². The first-order chi connectivity index (χ1) is 13.3. The number of ketones is 1. The van der Waals surface area contributed by atoms with Crippen LogP contribution in [0.25, 0.3) is 0 Å². The molecule has 9 heteroatoms. The summed E-state index contributed by atoms with van der Waals surface area (Å²) in [5.41, 5.74) is 1.70. The van der Waals surface area contributed by atoms with E-state index in [0.717, 1.165) is 9.87 Å². The lowest BCUT2D eigenvalue weighted by atomic mass is 10.1. The van der Waals surface area contributed by atoms with Crippen LogP contribution >= 0.6 is 11.6 Å². The van der Waals surface area contributed by atoms with E-state index in [0.29, 0.717) is 22.8 Å². The standard InChI is InChI=1S/C19H20ClN3O4S/c1-14(24)16-5-3-7-18(11-16)21-19(25)13-23-9-8-22(28(23,26)27)12-15-4-2-6-17(20)10-15/h2-7,10-11H,8-9,12-13H2,1H3,(H,21,25). The smallest absolute Gasteiger partial charge is 0.282 e. The fraction of sp³-hybridized carbons (Fsp3) is 0.263. The molecule has 0 radical (unpaired) electrons. The molecule has 0 atom stereocenters. The number of Topliss-reactive ketones (excluding diaryl/α,β-unsaturated/α-hetero) is 1. The van der Waals surface area contributed by atoms with Gasteiger partial charge < -0.3 is 5.32 Å². The molecular weight excluding hydrogens is 402 g/mol. The zero-order chi connectivity index (χ0) is 20.3. The van der Waals surface area contributed by atoms with Crippen LogP contribution in [-0.4, -0.2) is 48.4 Å². The van der Waals surface area contributed by atoms with Crippen LogP contribution in [0, 0.1) is 0 Å². The third-order valence-electron chi connectivity index (χ3n) is 4.37. The largest absolute Gasteiger partial charge is 0.325 e. The molecule has 1 N–H and O–H groups in total. The maximum atomic E-state index is 12.7. The van der Waals surface area contributed by atoms with E-state index in [1.807, 2.05) is 0 Å². The average molecular weight is 422 g/mol. The average Bonchev–Trinajstić information content (AvgIpc) is 2.89. The van der Waals surface area contributed by atoms with Crippen molar-refractivity contribution in [2.75, 3.05) is 25.0 Å². The van der Waals surface area contributed by atoms with Crippen LogP contribution < -0.4 is 5.32 Å². The van der Waals surface area contributed by atoms with Gasteiger partial charge in [0.1, 0.15) is 0 Å². The van der Waals surface area contributed by atoms with Gasteiger partial charge in [-0.2, -0.15) is 17.0 Å². The third kappa shape index (κ3) is 4.77. The second-order valence-corrected chi connectivity index (χ2v) is 8.85. The van der Waals surface area contributed by atoms with Gasteiger partial charge in [-0.25, -0.2) is 0 Å². The first-order valence-electron chi connectivity index (χ1n) is 8.66. The van der Waals surface area contributed by atoms with E-state index >= 15 is 0 Å². The lowest BCUT2D eigenvalue weighted by Gasteiger charge is -2.18. The molecule has 0 spiro atoms. The van der Waals surface area contributed by atoms with Crippen LogP contribution in [-0.2, 0) is 21.5 Å². The molecule has 1 aliphatic rings. The van der Waals surface area contributed by atoms with Gasteiger partial charge in [-0.15, -0.1) is 0 Å². The highest BCUT2D eigenvalue weighted by molar-refractivity contribution is 7.87. The molecule has 1 amide bonds. The van der Waals surface area contributed by atoms with Crippen molar-refractivity contribution in [2.45, 2.75) is 13.5 Å². The van der Waals surface area contributed by atoms with Gasteiger partial charge in [-0.05, 0) is 36.8 Å². The van der Waals surface area contributed by atoms with E-state index in [2.05, 4.69) is 5.32 Å². The highest BCUT2D eigenvalue weighted by atomic mass is 35.5. The Balaban J connectivity index is 1.64. The van der Waals surface area contributed by atoms with E-state index < -0.39 is 16.1 Å². The van der Waals surface area contributed by atoms with E-state index in [9.17, 15) is 18.0 Å². The van der Waals surface area contributed by atoms with Crippen LogP contribution in [0.4, 0.5) is 5.69 Å². The Morgan fingerprint density at radius 2 is 1.79 bits per heavy atom. The number of benzene rings is 2. The van der Waals surface area contributed by atoms with E-state index in [-0.39, 0.29) is 25.4 Å². The zero-order valence-electron chi connectivity index (χ0n) is 15.3. The van der Waals surface area contributed by atoms with Crippen molar-refractivity contribution in [3.05, 3.63) is 64.7 Å². The molecule has 0 bridgehead atoms. The maximum absolute atomic E-state index is 12.7. The Hall–Kier alpha value is -2.26. The fourth-order valence-corrected chi connectivity index (χ4v) is 4.71. The van der Waals surface area contributed by atoms with Crippen molar-refractivity contribution in [3.8, 4) is 0 Å². The van der Waals surface area contributed by atoms with Crippen LogP contribution in [0.5, 0.6) is 0 Å². The molecule has 0 aliphatic carbocycles. The summed E-state index contributed by atoms with van der Waals surface area (Å²) in [4.78, 5) is 23.7. The number of anilines is 1. The number of nitrogens with zero attached hydrogens (tertiary/aromatic N) is 2. The van der Waals surface area contributed by atoms with Crippen LogP contribution in [0.2, 0.25) is 5.02 Å². The summed E-state index contributed by atoms with van der Waals surface area (Å²) in [6.45, 7) is 1.86. The SMILES string of the molecule is CC(=O)c1cccc(NC(=O)CN2CCN(Cc3cccc(Cl)c3)S2(=O)=O)c1. The Labute approximate surface area is 169 Å². The lowest BCUT2D eigenvalue weighted by Crippen LogP contribution is -2.37.